The average molecular weight is 1060 g/mol. The standard InChI is InChI=1S/C47H44BN2O.C13H11FN.Ir/c1-45(2,3)29-17-19-39-34(24-29)35-25-31(47(7,8)9)27-37-44(35)50(39)40-22-28(32-14-10-11-15-33(32)38-16-12-13-21-49-38)23-42-43(40)48(37)36-26-30(46(4,5)6)18-20-41(36)51-42;1-9-7-13(15-8-10(9)2)11-3-5-12(14)6-4-11;/h10-14,16-27H,1-9H3;3,5-8H,1-2H3;/q2*-1;. The first-order chi connectivity index (χ1) is 31.3. The zero-order valence-electron chi connectivity index (χ0n) is 40.2. The number of aryl methyl sites for hydroxylation is 2. The maximum Gasteiger partial charge on any atom is 0.256 e. The van der Waals surface area contributed by atoms with Crippen molar-refractivity contribution in [2.75, 3.05) is 0 Å². The maximum atomic E-state index is 12.7. The van der Waals surface area contributed by atoms with E-state index in [2.05, 4.69) is 163 Å². The minimum Gasteiger partial charge on any atom is -0.458 e. The number of rotatable bonds is 3. The molecule has 337 valence electrons. The van der Waals surface area contributed by atoms with Gasteiger partial charge < -0.3 is 19.3 Å². The summed E-state index contributed by atoms with van der Waals surface area (Å²) in [6.07, 6.45) is 3.67. The number of ether oxygens (including phenoxy) is 1. The number of benzene rings is 6. The van der Waals surface area contributed by atoms with E-state index in [1.807, 2.05) is 50.5 Å². The average Bonchev–Trinajstić information content (AvgIpc) is 3.62. The molecule has 0 amide bonds. The monoisotopic (exact) mass is 1060 g/mol. The number of fused-ring (bicyclic) bond motifs is 7. The van der Waals surface area contributed by atoms with Crippen LogP contribution in [0.3, 0.4) is 0 Å². The summed E-state index contributed by atoms with van der Waals surface area (Å²) in [6, 6.07) is 48.7. The number of hydrogen-bond acceptors (Lipinski definition) is 3. The SMILES string of the molecule is CC(C)(C)c1ccc2c(c1)B1c3c(cc(-c4ccc[c-]c4-c4ccccn4)cc3-n3c4ccc(C(C)(C)C)cc4c4cc(C(C)(C)C)cc1c43)O2.Cc1cnc(-c2[c-]cc(F)cc2)cc1C.[Ir]. The van der Waals surface area contributed by atoms with Gasteiger partial charge in [-0.1, -0.05) is 121 Å². The minimum absolute atomic E-state index is 0. The van der Waals surface area contributed by atoms with Crippen molar-refractivity contribution >= 4 is 44.9 Å². The summed E-state index contributed by atoms with van der Waals surface area (Å²) in [5, 5.41) is 2.62. The van der Waals surface area contributed by atoms with Crippen LogP contribution in [0.25, 0.3) is 61.1 Å². The second kappa shape index (κ2) is 16.9. The van der Waals surface area contributed by atoms with Crippen LogP contribution in [0.15, 0.2) is 134 Å². The molecule has 3 aromatic heterocycles. The van der Waals surface area contributed by atoms with Gasteiger partial charge in [0.05, 0.1) is 5.52 Å². The molecule has 9 aromatic rings. The Labute approximate surface area is 409 Å². The molecule has 0 unspecified atom stereocenters. The zero-order valence-corrected chi connectivity index (χ0v) is 42.6. The maximum absolute atomic E-state index is 12.7. The molecule has 2 aliphatic heterocycles. The van der Waals surface area contributed by atoms with Gasteiger partial charge in [-0.15, -0.1) is 59.7 Å². The van der Waals surface area contributed by atoms with Gasteiger partial charge in [0.1, 0.15) is 11.5 Å². The van der Waals surface area contributed by atoms with Gasteiger partial charge in [-0.25, -0.2) is 0 Å². The van der Waals surface area contributed by atoms with E-state index in [0.29, 0.717) is 0 Å². The van der Waals surface area contributed by atoms with Crippen LogP contribution in [0.5, 0.6) is 11.5 Å². The van der Waals surface area contributed by atoms with Gasteiger partial charge in [-0.05, 0) is 123 Å². The van der Waals surface area contributed by atoms with E-state index in [1.165, 1.54) is 78.3 Å². The molecule has 0 N–H and O–H groups in total. The molecule has 0 bridgehead atoms. The summed E-state index contributed by atoms with van der Waals surface area (Å²) in [6.45, 7) is 24.9. The van der Waals surface area contributed by atoms with Crippen molar-refractivity contribution in [2.45, 2.75) is 92.4 Å². The number of nitrogens with zero attached hydrogens (tertiary/aromatic N) is 3. The predicted octanol–water partition coefficient (Wildman–Crippen LogP) is 13.4. The van der Waals surface area contributed by atoms with Crippen LogP contribution in [0.4, 0.5) is 4.39 Å². The van der Waals surface area contributed by atoms with E-state index in [4.69, 9.17) is 9.72 Å². The predicted molar refractivity (Wildman–Crippen MR) is 273 cm³/mol. The first-order valence-corrected chi connectivity index (χ1v) is 23.0. The fourth-order valence-corrected chi connectivity index (χ4v) is 9.54. The van der Waals surface area contributed by atoms with Crippen LogP contribution in [0.2, 0.25) is 0 Å². The smallest absolute Gasteiger partial charge is 0.256 e. The first-order valence-electron chi connectivity index (χ1n) is 23.0. The van der Waals surface area contributed by atoms with Crippen molar-refractivity contribution in [1.29, 1.82) is 0 Å². The molecule has 0 spiro atoms. The Morgan fingerprint density at radius 3 is 2.03 bits per heavy atom. The van der Waals surface area contributed by atoms with Crippen LogP contribution in [-0.4, -0.2) is 21.2 Å². The van der Waals surface area contributed by atoms with Crippen molar-refractivity contribution in [3.63, 3.8) is 0 Å². The third-order valence-electron chi connectivity index (χ3n) is 13.5. The summed E-state index contributed by atoms with van der Waals surface area (Å²) >= 11 is 0. The van der Waals surface area contributed by atoms with E-state index < -0.39 is 0 Å². The number of pyridine rings is 2. The van der Waals surface area contributed by atoms with Crippen LogP contribution in [-0.2, 0) is 36.4 Å². The molecule has 0 saturated heterocycles. The molecule has 5 heterocycles. The fraction of sp³-hybridized carbons (Fsp3) is 0.233. The Hall–Kier alpha value is -6.14. The fourth-order valence-electron chi connectivity index (χ4n) is 9.54. The normalized spacial score (nSPS) is 12.7. The Morgan fingerprint density at radius 1 is 0.627 bits per heavy atom. The number of aromatic nitrogens is 3. The van der Waals surface area contributed by atoms with Gasteiger partial charge in [-0.2, -0.15) is 0 Å². The van der Waals surface area contributed by atoms with Crippen molar-refractivity contribution in [3.05, 3.63) is 179 Å². The Kier molecular flexibility index (Phi) is 11.6. The molecular weight excluding hydrogens is 1000 g/mol. The minimum atomic E-state index is -0.275. The van der Waals surface area contributed by atoms with Gasteiger partial charge in [0.2, 0.25) is 0 Å². The van der Waals surface area contributed by atoms with Gasteiger partial charge >= 0.3 is 0 Å². The van der Waals surface area contributed by atoms with Gasteiger partial charge in [0, 0.05) is 60.3 Å². The van der Waals surface area contributed by atoms with E-state index in [1.54, 1.807) is 6.07 Å². The molecule has 0 saturated carbocycles. The zero-order chi connectivity index (χ0) is 46.4. The molecular formula is C60H55BFIrN3O-2. The number of hydrogen-bond donors (Lipinski definition) is 0. The Bertz CT molecular complexity index is 3370. The van der Waals surface area contributed by atoms with E-state index in [9.17, 15) is 4.39 Å². The molecule has 67 heavy (non-hydrogen) atoms. The second-order valence-electron chi connectivity index (χ2n) is 21.2. The first kappa shape index (κ1) is 46.0. The molecule has 0 fully saturated rings. The van der Waals surface area contributed by atoms with Crippen molar-refractivity contribution in [3.8, 4) is 50.8 Å². The van der Waals surface area contributed by atoms with E-state index >= 15 is 0 Å². The molecule has 6 aromatic carbocycles. The van der Waals surface area contributed by atoms with Gasteiger partial charge in [0.15, 0.2) is 0 Å². The van der Waals surface area contributed by atoms with Crippen LogP contribution >= 0.6 is 0 Å². The third-order valence-corrected chi connectivity index (χ3v) is 13.5. The molecule has 0 atom stereocenters. The van der Waals surface area contributed by atoms with E-state index in [0.717, 1.165) is 50.7 Å². The van der Waals surface area contributed by atoms with Gasteiger partial charge in [-0.3, -0.25) is 4.39 Å². The summed E-state index contributed by atoms with van der Waals surface area (Å²) in [5.41, 5.74) is 19.6. The molecule has 2 aliphatic rings. The van der Waals surface area contributed by atoms with Crippen LogP contribution < -0.4 is 21.1 Å². The van der Waals surface area contributed by atoms with Crippen molar-refractivity contribution < 1.29 is 29.2 Å². The molecule has 11 rings (SSSR count). The summed E-state index contributed by atoms with van der Waals surface area (Å²) < 4.78 is 22.2. The quantitative estimate of drug-likeness (QED) is 0.131. The largest absolute Gasteiger partial charge is 0.458 e. The third kappa shape index (κ3) is 8.25. The van der Waals surface area contributed by atoms with Gasteiger partial charge in [0.25, 0.3) is 6.71 Å². The Balaban J connectivity index is 0.000000300. The molecule has 4 nitrogen and oxygen atoms in total. The summed E-state index contributed by atoms with van der Waals surface area (Å²) in [5.74, 6) is 1.57. The van der Waals surface area contributed by atoms with Crippen LogP contribution in [0.1, 0.15) is 90.1 Å². The van der Waals surface area contributed by atoms with Crippen LogP contribution in [0, 0.1) is 31.8 Å². The second-order valence-corrected chi connectivity index (χ2v) is 21.2. The Morgan fingerprint density at radius 2 is 1.34 bits per heavy atom. The topological polar surface area (TPSA) is 39.9 Å². The molecule has 1 radical (unpaired) electrons. The summed E-state index contributed by atoms with van der Waals surface area (Å²) in [4.78, 5) is 9.01. The molecule has 0 aliphatic carbocycles. The number of halogens is 1. The molecule has 7 heteroatoms. The van der Waals surface area contributed by atoms with Crippen molar-refractivity contribution in [2.24, 2.45) is 0 Å². The van der Waals surface area contributed by atoms with Crippen molar-refractivity contribution in [1.82, 2.24) is 14.5 Å². The van der Waals surface area contributed by atoms with E-state index in [-0.39, 0.29) is 48.9 Å². The summed E-state index contributed by atoms with van der Waals surface area (Å²) in [7, 11) is 0.